The molecule has 0 unspecified atom stereocenters. The van der Waals surface area contributed by atoms with Crippen LogP contribution >= 0.6 is 11.6 Å². The molecular formula is C17H11ClN4O2. The maximum atomic E-state index is 12.1. The van der Waals surface area contributed by atoms with Gasteiger partial charge in [0.2, 0.25) is 0 Å². The first-order valence-electron chi connectivity index (χ1n) is 7.26. The standard InChI is InChI=1S/C17H11ClN4O2/c18-11-5-3-4-10(8-11)9-22-13-7-2-1-6-12(13)19-14-15(22)20-17(24)21-16(14)23/h1-8H,9H2,(H,21,23,24). The van der Waals surface area contributed by atoms with Gasteiger partial charge in [0.1, 0.15) is 0 Å². The summed E-state index contributed by atoms with van der Waals surface area (Å²) in [6.45, 7) is 0.413. The number of hydrogen-bond acceptors (Lipinski definition) is 4. The third-order valence-electron chi connectivity index (χ3n) is 3.74. The summed E-state index contributed by atoms with van der Waals surface area (Å²) in [7, 11) is 0. The van der Waals surface area contributed by atoms with E-state index in [4.69, 9.17) is 11.6 Å². The molecule has 0 spiro atoms. The highest BCUT2D eigenvalue weighted by Gasteiger charge is 2.18. The maximum Gasteiger partial charge on any atom is 0.349 e. The van der Waals surface area contributed by atoms with Gasteiger partial charge in [0.25, 0.3) is 5.56 Å². The van der Waals surface area contributed by atoms with Crippen LogP contribution in [0, 0.1) is 0 Å². The summed E-state index contributed by atoms with van der Waals surface area (Å²) in [5, 5.41) is 0.617. The molecule has 0 saturated heterocycles. The smallest absolute Gasteiger partial charge is 0.318 e. The van der Waals surface area contributed by atoms with Crippen LogP contribution in [0.4, 0.5) is 0 Å². The molecule has 2 aromatic rings. The molecule has 6 nitrogen and oxygen atoms in total. The van der Waals surface area contributed by atoms with Crippen molar-refractivity contribution < 1.29 is 0 Å². The topological polar surface area (TPSA) is 80.6 Å². The van der Waals surface area contributed by atoms with E-state index in [1.807, 2.05) is 42.5 Å². The first-order chi connectivity index (χ1) is 11.6. The van der Waals surface area contributed by atoms with Crippen molar-refractivity contribution in [2.45, 2.75) is 6.54 Å². The van der Waals surface area contributed by atoms with Gasteiger partial charge in [0.05, 0.1) is 11.0 Å². The monoisotopic (exact) mass is 338 g/mol. The summed E-state index contributed by atoms with van der Waals surface area (Å²) in [6.07, 6.45) is 0. The van der Waals surface area contributed by atoms with Crippen LogP contribution in [0.5, 0.6) is 0 Å². The molecule has 7 heteroatoms. The Morgan fingerprint density at radius 2 is 1.88 bits per heavy atom. The van der Waals surface area contributed by atoms with Gasteiger partial charge in [0.15, 0.2) is 11.5 Å². The second kappa shape index (κ2) is 5.58. The molecule has 118 valence electrons. The number of rotatable bonds is 2. The van der Waals surface area contributed by atoms with E-state index in [1.165, 1.54) is 0 Å². The second-order valence-corrected chi connectivity index (χ2v) is 5.80. The molecule has 0 bridgehead atoms. The predicted octanol–water partition coefficient (Wildman–Crippen LogP) is 2.29. The lowest BCUT2D eigenvalue weighted by Gasteiger charge is -2.16. The van der Waals surface area contributed by atoms with Gasteiger partial charge >= 0.3 is 5.69 Å². The molecule has 0 atom stereocenters. The van der Waals surface area contributed by atoms with Crippen LogP contribution in [0.3, 0.4) is 0 Å². The highest BCUT2D eigenvalue weighted by molar-refractivity contribution is 6.30. The van der Waals surface area contributed by atoms with Gasteiger partial charge in [-0.15, -0.1) is 0 Å². The van der Waals surface area contributed by atoms with E-state index < -0.39 is 11.2 Å². The number of aromatic amines is 1. The first-order valence-corrected chi connectivity index (χ1v) is 7.64. The number of benzene rings is 2. The molecule has 2 aliphatic rings. The van der Waals surface area contributed by atoms with Gasteiger partial charge in [0, 0.05) is 11.6 Å². The molecule has 2 aromatic carbocycles. The van der Waals surface area contributed by atoms with Crippen LogP contribution in [-0.2, 0) is 6.54 Å². The zero-order valence-electron chi connectivity index (χ0n) is 12.4. The SMILES string of the molecule is O=c1nc2n(Cc3cccc(Cl)c3)c3ccccc3nc-2c(=O)[nH]1. The van der Waals surface area contributed by atoms with Crippen molar-refractivity contribution in [2.75, 3.05) is 0 Å². The van der Waals surface area contributed by atoms with Crippen molar-refractivity contribution in [1.29, 1.82) is 0 Å². The van der Waals surface area contributed by atoms with E-state index in [2.05, 4.69) is 15.0 Å². The van der Waals surface area contributed by atoms with E-state index >= 15 is 0 Å². The summed E-state index contributed by atoms with van der Waals surface area (Å²) in [5.74, 6) is 0.252. The number of halogens is 1. The Morgan fingerprint density at radius 1 is 1.04 bits per heavy atom. The number of para-hydroxylation sites is 2. The van der Waals surface area contributed by atoms with Gasteiger partial charge in [-0.25, -0.2) is 9.78 Å². The first kappa shape index (κ1) is 14.6. The average molecular weight is 339 g/mol. The minimum absolute atomic E-state index is 0.135. The Hall–Kier alpha value is -2.99. The fourth-order valence-corrected chi connectivity index (χ4v) is 2.94. The molecule has 0 amide bonds. The molecule has 0 aromatic heterocycles. The lowest BCUT2D eigenvalue weighted by Crippen LogP contribution is -2.29. The molecule has 0 fully saturated rings. The molecule has 1 N–H and O–H groups in total. The Morgan fingerprint density at radius 3 is 2.71 bits per heavy atom. The number of H-pyrrole nitrogens is 1. The summed E-state index contributed by atoms with van der Waals surface area (Å²) in [6, 6.07) is 14.8. The van der Waals surface area contributed by atoms with Crippen LogP contribution in [-0.4, -0.2) is 19.5 Å². The lowest BCUT2D eigenvalue weighted by molar-refractivity contribution is 0.790. The van der Waals surface area contributed by atoms with Crippen molar-refractivity contribution in [3.8, 4) is 11.5 Å². The molecule has 24 heavy (non-hydrogen) atoms. The van der Waals surface area contributed by atoms with Crippen LogP contribution < -0.4 is 11.2 Å². The maximum absolute atomic E-state index is 12.1. The van der Waals surface area contributed by atoms with Gasteiger partial charge in [-0.3, -0.25) is 9.78 Å². The van der Waals surface area contributed by atoms with Crippen molar-refractivity contribution in [1.82, 2.24) is 19.5 Å². The minimum atomic E-state index is -0.690. The Bertz CT molecular complexity index is 1150. The fourth-order valence-electron chi connectivity index (χ4n) is 2.72. The quantitative estimate of drug-likeness (QED) is 0.569. The van der Waals surface area contributed by atoms with Crippen molar-refractivity contribution in [3.05, 3.63) is 80.0 Å². The number of hydrogen-bond donors (Lipinski definition) is 1. The lowest BCUT2D eigenvalue weighted by atomic mass is 10.2. The molecule has 4 rings (SSSR count). The Labute approximate surface area is 140 Å². The van der Waals surface area contributed by atoms with Gasteiger partial charge < -0.3 is 4.57 Å². The summed E-state index contributed by atoms with van der Waals surface area (Å²) >= 11 is 6.06. The van der Waals surface area contributed by atoms with Crippen molar-refractivity contribution in [3.63, 3.8) is 0 Å². The molecule has 0 radical (unpaired) electrons. The highest BCUT2D eigenvalue weighted by atomic mass is 35.5. The van der Waals surface area contributed by atoms with E-state index in [0.29, 0.717) is 17.1 Å². The van der Waals surface area contributed by atoms with Gasteiger partial charge in [-0.05, 0) is 29.8 Å². The van der Waals surface area contributed by atoms with Crippen LogP contribution in [0.2, 0.25) is 5.02 Å². The van der Waals surface area contributed by atoms with Crippen molar-refractivity contribution in [2.24, 2.45) is 0 Å². The third-order valence-corrected chi connectivity index (χ3v) is 3.98. The predicted molar refractivity (Wildman–Crippen MR) is 91.6 cm³/mol. The third kappa shape index (κ3) is 2.47. The van der Waals surface area contributed by atoms with Gasteiger partial charge in [-0.2, -0.15) is 4.98 Å². The van der Waals surface area contributed by atoms with Gasteiger partial charge in [-0.1, -0.05) is 35.9 Å². The molecular weight excluding hydrogens is 328 g/mol. The number of nitrogens with zero attached hydrogens (tertiary/aromatic N) is 3. The molecule has 2 aliphatic heterocycles. The van der Waals surface area contributed by atoms with E-state index in [0.717, 1.165) is 11.1 Å². The number of nitrogens with one attached hydrogen (secondary N) is 1. The molecule has 2 heterocycles. The van der Waals surface area contributed by atoms with Crippen LogP contribution in [0.25, 0.3) is 22.6 Å². The van der Waals surface area contributed by atoms with Crippen LogP contribution in [0.1, 0.15) is 5.56 Å². The zero-order valence-corrected chi connectivity index (χ0v) is 13.1. The average Bonchev–Trinajstić information content (AvgIpc) is 2.56. The Balaban J connectivity index is 2.06. The van der Waals surface area contributed by atoms with Crippen LogP contribution in [0.15, 0.2) is 58.1 Å². The Kier molecular flexibility index (Phi) is 3.39. The number of fused-ring (bicyclic) bond motifs is 2. The van der Waals surface area contributed by atoms with Crippen molar-refractivity contribution >= 4 is 22.6 Å². The van der Waals surface area contributed by atoms with E-state index in [1.54, 1.807) is 10.6 Å². The zero-order chi connectivity index (χ0) is 16.7. The highest BCUT2D eigenvalue weighted by Crippen LogP contribution is 2.22. The summed E-state index contributed by atoms with van der Waals surface area (Å²) in [4.78, 5) is 34.2. The largest absolute Gasteiger partial charge is 0.349 e. The second-order valence-electron chi connectivity index (χ2n) is 5.36. The number of aromatic nitrogens is 4. The fraction of sp³-hybridized carbons (Fsp3) is 0.0588. The minimum Gasteiger partial charge on any atom is -0.318 e. The summed E-state index contributed by atoms with van der Waals surface area (Å²) in [5.41, 5.74) is 1.26. The van der Waals surface area contributed by atoms with E-state index in [-0.39, 0.29) is 11.5 Å². The van der Waals surface area contributed by atoms with E-state index in [9.17, 15) is 9.59 Å². The molecule has 0 saturated carbocycles. The summed E-state index contributed by atoms with van der Waals surface area (Å²) < 4.78 is 1.81. The molecule has 0 aliphatic carbocycles. The normalized spacial score (nSPS) is 11.2.